The molecule has 0 bridgehead atoms. The highest BCUT2D eigenvalue weighted by Crippen LogP contribution is 2.31. The molecule has 1 aliphatic heterocycles. The van der Waals surface area contributed by atoms with Crippen molar-refractivity contribution in [2.24, 2.45) is 9.98 Å². The maximum Gasteiger partial charge on any atom is 0.546 e. The molecule has 1 aliphatic rings. The first kappa shape index (κ1) is 14.8. The van der Waals surface area contributed by atoms with Gasteiger partial charge in [0.15, 0.2) is 0 Å². The van der Waals surface area contributed by atoms with Crippen molar-refractivity contribution in [2.75, 3.05) is 0 Å². The molecule has 0 aromatic heterocycles. The van der Waals surface area contributed by atoms with Crippen LogP contribution in [0.1, 0.15) is 19.4 Å². The van der Waals surface area contributed by atoms with Gasteiger partial charge in [-0.1, -0.05) is 36.5 Å². The van der Waals surface area contributed by atoms with Gasteiger partial charge in [0.2, 0.25) is 0 Å². The van der Waals surface area contributed by atoms with Crippen molar-refractivity contribution in [3.8, 4) is 5.75 Å². The van der Waals surface area contributed by atoms with Crippen LogP contribution in [0.2, 0.25) is 10.6 Å². The highest BCUT2D eigenvalue weighted by molar-refractivity contribution is 6.52. The average Bonchev–Trinajstić information content (AvgIpc) is 2.96. The van der Waals surface area contributed by atoms with Crippen molar-refractivity contribution < 1.29 is 13.7 Å². The standard InChI is InChI=1S/C10H8N2O3.2C2H5.Al/c13-8-3-1-7(2-4-8)10(9(14)15)11-5-6-12-10;2*1-2;/h1-6,13H,(H,14,15);2*1H2,2H3;/q;;;+1/p-1. The van der Waals surface area contributed by atoms with Crippen molar-refractivity contribution in [1.29, 1.82) is 0 Å². The van der Waals surface area contributed by atoms with Crippen molar-refractivity contribution in [3.05, 3.63) is 29.8 Å². The third kappa shape index (κ3) is 2.77. The largest absolute Gasteiger partial charge is 0.643 e. The normalized spacial score (nSPS) is 15.3. The van der Waals surface area contributed by atoms with Crippen LogP contribution in [0.4, 0.5) is 0 Å². The van der Waals surface area contributed by atoms with E-state index in [4.69, 9.17) is 3.79 Å². The summed E-state index contributed by atoms with van der Waals surface area (Å²) in [5, 5.41) is 11.5. The van der Waals surface area contributed by atoms with Crippen LogP contribution in [-0.4, -0.2) is 38.0 Å². The maximum absolute atomic E-state index is 11.4. The molecule has 0 saturated carbocycles. The lowest BCUT2D eigenvalue weighted by atomic mass is 10.0. The van der Waals surface area contributed by atoms with E-state index in [9.17, 15) is 9.90 Å². The molecular weight excluding hydrogens is 271 g/mol. The summed E-state index contributed by atoms with van der Waals surface area (Å²) in [7, 11) is 0. The second-order valence-electron chi connectivity index (χ2n) is 4.61. The molecule has 5 nitrogen and oxygen atoms in total. The first-order valence-corrected chi connectivity index (χ1v) is 8.82. The van der Waals surface area contributed by atoms with E-state index in [0.717, 1.165) is 16.3 Å². The fourth-order valence-corrected chi connectivity index (χ4v) is 3.57. The summed E-state index contributed by atoms with van der Waals surface area (Å²) in [6, 6.07) is 7.05. The number of nitrogens with zero attached hydrogens (tertiary/aromatic N) is 2. The fourth-order valence-electron chi connectivity index (χ4n) is 2.11. The van der Waals surface area contributed by atoms with Crippen molar-refractivity contribution in [1.82, 2.24) is 0 Å². The monoisotopic (exact) mass is 288 g/mol. The van der Waals surface area contributed by atoms with Gasteiger partial charge in [0, 0.05) is 18.0 Å². The third-order valence-electron chi connectivity index (χ3n) is 3.36. The molecule has 0 radical (unpaired) electrons. The van der Waals surface area contributed by atoms with Gasteiger partial charge in [-0.15, -0.1) is 0 Å². The number of hydrogen-bond acceptors (Lipinski definition) is 4. The molecule has 0 spiro atoms. The van der Waals surface area contributed by atoms with Crippen LogP contribution >= 0.6 is 0 Å². The molecule has 0 atom stereocenters. The Kier molecular flexibility index (Phi) is 4.58. The molecule has 20 heavy (non-hydrogen) atoms. The van der Waals surface area contributed by atoms with Gasteiger partial charge in [-0.3, -0.25) is 0 Å². The van der Waals surface area contributed by atoms with Crippen molar-refractivity contribution >= 4 is 32.9 Å². The van der Waals surface area contributed by atoms with Gasteiger partial charge in [-0.05, 0) is 12.1 Å². The molecule has 0 fully saturated rings. The molecule has 1 heterocycles. The number of benzene rings is 1. The van der Waals surface area contributed by atoms with Gasteiger partial charge in [0.25, 0.3) is 5.66 Å². The molecular formula is C14H17AlN2O3. The van der Waals surface area contributed by atoms with Gasteiger partial charge in [-0.2, -0.15) is 0 Å². The van der Waals surface area contributed by atoms with Crippen LogP contribution in [0.5, 0.6) is 5.75 Å². The minimum atomic E-state index is -1.52. The average molecular weight is 288 g/mol. The molecule has 0 saturated heterocycles. The number of hydrogen-bond donors (Lipinski definition) is 1. The smallest absolute Gasteiger partial charge is 0.546 e. The van der Waals surface area contributed by atoms with Crippen molar-refractivity contribution in [3.63, 3.8) is 0 Å². The van der Waals surface area contributed by atoms with Crippen molar-refractivity contribution in [2.45, 2.75) is 30.1 Å². The first-order valence-electron chi connectivity index (χ1n) is 6.72. The lowest BCUT2D eigenvalue weighted by molar-refractivity contribution is -0.143. The lowest BCUT2D eigenvalue weighted by Crippen LogP contribution is -2.30. The lowest BCUT2D eigenvalue weighted by Gasteiger charge is -2.19. The van der Waals surface area contributed by atoms with Crippen LogP contribution in [0.3, 0.4) is 0 Å². The van der Waals surface area contributed by atoms with Crippen LogP contribution in [-0.2, 0) is 10.5 Å². The van der Waals surface area contributed by atoms with Gasteiger partial charge in [0.1, 0.15) is 0 Å². The fraction of sp³-hybridized carbons (Fsp3) is 0.357. The number of rotatable bonds is 6. The summed E-state index contributed by atoms with van der Waals surface area (Å²) < 4.78 is 5.94. The molecule has 2 rings (SSSR count). The maximum atomic E-state index is 11.4. The number of carbonyl (C=O) groups is 1. The molecule has 104 valence electrons. The highest BCUT2D eigenvalue weighted by atomic mass is 27.2. The van der Waals surface area contributed by atoms with E-state index in [2.05, 4.69) is 23.8 Å². The summed E-state index contributed by atoms with van der Waals surface area (Å²) >= 11 is -1.17. The molecule has 0 aliphatic carbocycles. The predicted molar refractivity (Wildman–Crippen MR) is 80.1 cm³/mol. The van der Waals surface area contributed by atoms with Crippen LogP contribution in [0, 0.1) is 0 Å². The second kappa shape index (κ2) is 6.21. The SMILES string of the molecule is C[CH2][Al]([CH2]C)[O]c1ccc(C2(C(=O)O)N=CC=N2)cc1. The Morgan fingerprint density at radius 2 is 1.75 bits per heavy atom. The summed E-state index contributed by atoms with van der Waals surface area (Å²) in [6.07, 6.45) is 2.82. The van der Waals surface area contributed by atoms with E-state index in [1.54, 1.807) is 24.3 Å². The molecule has 0 unspecified atom stereocenters. The Labute approximate surface area is 122 Å². The minimum Gasteiger partial charge on any atom is -0.643 e. The number of aliphatic imine (C=N–C) groups is 2. The first-order chi connectivity index (χ1) is 9.62. The molecule has 1 N–H and O–H groups in total. The zero-order valence-electron chi connectivity index (χ0n) is 11.6. The van der Waals surface area contributed by atoms with Crippen LogP contribution in [0.25, 0.3) is 0 Å². The summed E-state index contributed by atoms with van der Waals surface area (Å²) in [5.41, 5.74) is -0.987. The zero-order valence-corrected chi connectivity index (χ0v) is 12.8. The van der Waals surface area contributed by atoms with Crippen LogP contribution < -0.4 is 3.79 Å². The summed E-state index contributed by atoms with van der Waals surface area (Å²) in [6.45, 7) is 4.27. The second-order valence-corrected chi connectivity index (χ2v) is 7.73. The Balaban J connectivity index is 2.22. The predicted octanol–water partition coefficient (Wildman–Crippen LogP) is 2.49. The minimum absolute atomic E-state index is 0.536. The molecule has 6 heteroatoms. The Morgan fingerprint density at radius 1 is 1.20 bits per heavy atom. The number of carboxylic acids is 1. The van der Waals surface area contributed by atoms with E-state index < -0.39 is 26.1 Å². The van der Waals surface area contributed by atoms with E-state index in [1.807, 2.05) is 0 Å². The van der Waals surface area contributed by atoms with Gasteiger partial charge < -0.3 is 8.90 Å². The number of aliphatic carboxylic acids is 1. The summed E-state index contributed by atoms with van der Waals surface area (Å²) in [5.74, 6) is -0.286. The van der Waals surface area contributed by atoms with Gasteiger partial charge >= 0.3 is 20.5 Å². The Hall–Kier alpha value is -1.64. The molecule has 0 amide bonds. The Bertz CT molecular complexity index is 524. The van der Waals surface area contributed by atoms with E-state index >= 15 is 0 Å². The number of carboxylic acid groups (broad SMARTS) is 1. The van der Waals surface area contributed by atoms with E-state index in [0.29, 0.717) is 5.56 Å². The quantitative estimate of drug-likeness (QED) is 0.817. The van der Waals surface area contributed by atoms with Crippen LogP contribution in [0.15, 0.2) is 34.3 Å². The molecule has 1 aromatic rings. The van der Waals surface area contributed by atoms with E-state index in [1.165, 1.54) is 12.4 Å². The topological polar surface area (TPSA) is 71.2 Å². The summed E-state index contributed by atoms with van der Waals surface area (Å²) in [4.78, 5) is 19.4. The zero-order chi connectivity index (χ0) is 14.6. The van der Waals surface area contributed by atoms with Gasteiger partial charge in [-0.25, -0.2) is 14.8 Å². The highest BCUT2D eigenvalue weighted by Gasteiger charge is 2.40. The Morgan fingerprint density at radius 3 is 2.20 bits per heavy atom. The van der Waals surface area contributed by atoms with E-state index in [-0.39, 0.29) is 0 Å². The molecule has 1 aromatic carbocycles. The third-order valence-corrected chi connectivity index (χ3v) is 5.78. The van der Waals surface area contributed by atoms with Gasteiger partial charge in [0.05, 0.1) is 5.75 Å².